The summed E-state index contributed by atoms with van der Waals surface area (Å²) >= 11 is 6.11. The van der Waals surface area contributed by atoms with Gasteiger partial charge in [-0.15, -0.1) is 0 Å². The summed E-state index contributed by atoms with van der Waals surface area (Å²) in [4.78, 5) is 40.1. The zero-order chi connectivity index (χ0) is 20.4. The highest BCUT2D eigenvalue weighted by Crippen LogP contribution is 2.30. The van der Waals surface area contributed by atoms with Gasteiger partial charge in [-0.3, -0.25) is 14.4 Å². The summed E-state index contributed by atoms with van der Waals surface area (Å²) in [5, 5.41) is 3.14. The van der Waals surface area contributed by atoms with Gasteiger partial charge < -0.3 is 15.1 Å². The topological polar surface area (TPSA) is 69.7 Å². The molecule has 1 aliphatic rings. The number of carbonyl (C=O) groups excluding carboxylic acids is 3. The smallest absolute Gasteiger partial charge is 0.255 e. The first-order valence-electron chi connectivity index (χ1n) is 9.07. The van der Waals surface area contributed by atoms with E-state index < -0.39 is 0 Å². The molecule has 0 spiro atoms. The van der Waals surface area contributed by atoms with Gasteiger partial charge in [0.05, 0.1) is 10.6 Å². The molecule has 1 N–H and O–H groups in total. The van der Waals surface area contributed by atoms with Crippen LogP contribution in [0.4, 0.5) is 11.4 Å². The third kappa shape index (κ3) is 3.87. The minimum atomic E-state index is -0.284. The molecule has 0 saturated heterocycles. The van der Waals surface area contributed by atoms with E-state index in [2.05, 4.69) is 5.32 Å². The Morgan fingerprint density at radius 1 is 1.14 bits per heavy atom. The molecule has 2 aromatic rings. The minimum Gasteiger partial charge on any atom is -0.345 e. The Bertz CT molecular complexity index is 956. The number of amides is 3. The van der Waals surface area contributed by atoms with E-state index >= 15 is 0 Å². The molecule has 0 radical (unpaired) electrons. The molecule has 3 amide bonds. The van der Waals surface area contributed by atoms with Gasteiger partial charge in [-0.05, 0) is 48.4 Å². The highest BCUT2D eigenvalue weighted by molar-refractivity contribution is 6.34. The third-order valence-electron chi connectivity index (χ3n) is 4.70. The van der Waals surface area contributed by atoms with E-state index in [4.69, 9.17) is 11.6 Å². The van der Waals surface area contributed by atoms with Crippen LogP contribution in [-0.2, 0) is 11.2 Å². The lowest BCUT2D eigenvalue weighted by Gasteiger charge is -2.16. The molecule has 0 saturated carbocycles. The number of anilines is 2. The predicted octanol–water partition coefficient (Wildman–Crippen LogP) is 3.59. The lowest BCUT2D eigenvalue weighted by atomic mass is 10.1. The summed E-state index contributed by atoms with van der Waals surface area (Å²) in [6.07, 6.45) is 1.18. The number of nitrogens with zero attached hydrogens (tertiary/aromatic N) is 2. The van der Waals surface area contributed by atoms with Gasteiger partial charge in [0, 0.05) is 44.0 Å². The molecule has 7 heteroatoms. The molecular weight excluding hydrogens is 378 g/mol. The maximum absolute atomic E-state index is 12.7. The molecule has 0 unspecified atom stereocenters. The molecule has 2 aromatic carbocycles. The van der Waals surface area contributed by atoms with E-state index in [1.807, 2.05) is 19.1 Å². The van der Waals surface area contributed by atoms with Crippen molar-refractivity contribution in [1.29, 1.82) is 0 Å². The summed E-state index contributed by atoms with van der Waals surface area (Å²) in [5.74, 6) is -0.442. The van der Waals surface area contributed by atoms with Gasteiger partial charge >= 0.3 is 0 Å². The zero-order valence-electron chi connectivity index (χ0n) is 16.1. The third-order valence-corrected chi connectivity index (χ3v) is 5.03. The second-order valence-electron chi connectivity index (χ2n) is 6.84. The van der Waals surface area contributed by atoms with Crippen molar-refractivity contribution in [3.05, 3.63) is 58.1 Å². The fraction of sp³-hybridized carbons (Fsp3) is 0.286. The molecule has 3 rings (SSSR count). The highest BCUT2D eigenvalue weighted by atomic mass is 35.5. The number of carbonyl (C=O) groups is 3. The number of hydrogen-bond donors (Lipinski definition) is 1. The molecule has 1 heterocycles. The first-order chi connectivity index (χ1) is 13.3. The van der Waals surface area contributed by atoms with E-state index in [-0.39, 0.29) is 17.7 Å². The van der Waals surface area contributed by atoms with Crippen LogP contribution in [0.1, 0.15) is 39.6 Å². The van der Waals surface area contributed by atoms with Gasteiger partial charge in [-0.1, -0.05) is 18.5 Å². The van der Waals surface area contributed by atoms with Crippen LogP contribution in [0.3, 0.4) is 0 Å². The second kappa shape index (κ2) is 8.02. The number of hydrogen-bond acceptors (Lipinski definition) is 3. The van der Waals surface area contributed by atoms with Crippen LogP contribution in [0, 0.1) is 0 Å². The fourth-order valence-electron chi connectivity index (χ4n) is 3.20. The van der Waals surface area contributed by atoms with Gasteiger partial charge in [-0.2, -0.15) is 0 Å². The summed E-state index contributed by atoms with van der Waals surface area (Å²) in [7, 11) is 3.28. The van der Waals surface area contributed by atoms with Crippen molar-refractivity contribution in [3.8, 4) is 0 Å². The number of fused-ring (bicyclic) bond motifs is 1. The molecule has 0 fully saturated rings. The number of rotatable bonds is 4. The lowest BCUT2D eigenvalue weighted by molar-refractivity contribution is -0.118. The Morgan fingerprint density at radius 3 is 2.57 bits per heavy atom. The molecular formula is C21H22ClN3O3. The Labute approximate surface area is 169 Å². The number of nitrogens with one attached hydrogen (secondary N) is 1. The molecule has 6 nitrogen and oxygen atoms in total. The van der Waals surface area contributed by atoms with Crippen LogP contribution < -0.4 is 10.2 Å². The van der Waals surface area contributed by atoms with Crippen molar-refractivity contribution in [2.75, 3.05) is 30.9 Å². The number of halogens is 1. The zero-order valence-corrected chi connectivity index (χ0v) is 16.8. The van der Waals surface area contributed by atoms with E-state index in [9.17, 15) is 14.4 Å². The quantitative estimate of drug-likeness (QED) is 0.854. The predicted molar refractivity (Wildman–Crippen MR) is 110 cm³/mol. The summed E-state index contributed by atoms with van der Waals surface area (Å²) in [5.41, 5.74) is 3.16. The van der Waals surface area contributed by atoms with Crippen LogP contribution in [0.5, 0.6) is 0 Å². The van der Waals surface area contributed by atoms with Crippen molar-refractivity contribution < 1.29 is 14.4 Å². The van der Waals surface area contributed by atoms with Crippen molar-refractivity contribution in [3.63, 3.8) is 0 Å². The van der Waals surface area contributed by atoms with E-state index in [1.54, 1.807) is 43.3 Å². The summed E-state index contributed by atoms with van der Waals surface area (Å²) in [6, 6.07) is 10.1. The monoisotopic (exact) mass is 399 g/mol. The van der Waals surface area contributed by atoms with E-state index in [0.29, 0.717) is 34.8 Å². The first kappa shape index (κ1) is 19.9. The molecule has 0 aromatic heterocycles. The number of benzene rings is 2. The average molecular weight is 400 g/mol. The van der Waals surface area contributed by atoms with E-state index in [1.165, 1.54) is 4.90 Å². The van der Waals surface area contributed by atoms with Gasteiger partial charge in [0.15, 0.2) is 0 Å². The first-order valence-corrected chi connectivity index (χ1v) is 9.45. The highest BCUT2D eigenvalue weighted by Gasteiger charge is 2.24. The lowest BCUT2D eigenvalue weighted by Crippen LogP contribution is -2.27. The fourth-order valence-corrected chi connectivity index (χ4v) is 3.40. The Hall–Kier alpha value is -2.86. The molecule has 0 aliphatic carbocycles. The van der Waals surface area contributed by atoms with Crippen LogP contribution in [0.25, 0.3) is 0 Å². The summed E-state index contributed by atoms with van der Waals surface area (Å²) in [6.45, 7) is 2.48. The average Bonchev–Trinajstić information content (AvgIpc) is 3.11. The van der Waals surface area contributed by atoms with Crippen molar-refractivity contribution in [1.82, 2.24) is 4.90 Å². The Balaban J connectivity index is 1.80. The molecule has 146 valence electrons. The van der Waals surface area contributed by atoms with Gasteiger partial charge in [0.25, 0.3) is 11.8 Å². The molecule has 0 atom stereocenters. The standard InChI is InChI=1S/C21H22ClN3O3/c1-4-19(26)25-10-9-13-11-14(5-8-18(13)25)20(27)23-15-6-7-17(22)16(12-15)21(28)24(2)3/h5-8,11-12H,4,9-10H2,1-3H3,(H,23,27). The van der Waals surface area contributed by atoms with Gasteiger partial charge in [0.2, 0.25) is 5.91 Å². The van der Waals surface area contributed by atoms with Gasteiger partial charge in [-0.25, -0.2) is 0 Å². The molecule has 28 heavy (non-hydrogen) atoms. The summed E-state index contributed by atoms with van der Waals surface area (Å²) < 4.78 is 0. The van der Waals surface area contributed by atoms with Crippen LogP contribution >= 0.6 is 11.6 Å². The van der Waals surface area contributed by atoms with Gasteiger partial charge in [0.1, 0.15) is 0 Å². The Morgan fingerprint density at radius 2 is 1.89 bits per heavy atom. The maximum Gasteiger partial charge on any atom is 0.255 e. The largest absolute Gasteiger partial charge is 0.345 e. The van der Waals surface area contributed by atoms with Crippen LogP contribution in [-0.4, -0.2) is 43.3 Å². The van der Waals surface area contributed by atoms with Crippen molar-refractivity contribution >= 4 is 40.7 Å². The van der Waals surface area contributed by atoms with Crippen molar-refractivity contribution in [2.45, 2.75) is 19.8 Å². The molecule has 1 aliphatic heterocycles. The minimum absolute atomic E-state index is 0.0789. The molecule has 0 bridgehead atoms. The van der Waals surface area contributed by atoms with Crippen molar-refractivity contribution in [2.24, 2.45) is 0 Å². The SMILES string of the molecule is CCC(=O)N1CCc2cc(C(=O)Nc3ccc(Cl)c(C(=O)N(C)C)c3)ccc21. The normalized spacial score (nSPS) is 12.5. The Kier molecular flexibility index (Phi) is 5.70. The van der Waals surface area contributed by atoms with E-state index in [0.717, 1.165) is 17.7 Å². The second-order valence-corrected chi connectivity index (χ2v) is 7.25. The van der Waals surface area contributed by atoms with Crippen LogP contribution in [0.15, 0.2) is 36.4 Å². The maximum atomic E-state index is 12.7. The van der Waals surface area contributed by atoms with Crippen LogP contribution in [0.2, 0.25) is 5.02 Å².